The van der Waals surface area contributed by atoms with Gasteiger partial charge in [0.1, 0.15) is 24.3 Å². The Kier molecular flexibility index (Phi) is 7.26. The van der Waals surface area contributed by atoms with Crippen LogP contribution in [0.15, 0.2) is 36.4 Å². The highest BCUT2D eigenvalue weighted by Gasteiger charge is 2.26. The van der Waals surface area contributed by atoms with Crippen LogP contribution in [0, 0.1) is 15.9 Å². The van der Waals surface area contributed by atoms with Gasteiger partial charge in [-0.05, 0) is 24.3 Å². The number of nitro groups is 1. The highest BCUT2D eigenvalue weighted by atomic mass is 35.5. The Labute approximate surface area is 176 Å². The lowest BCUT2D eigenvalue weighted by Gasteiger charge is -2.34. The summed E-state index contributed by atoms with van der Waals surface area (Å²) in [6.07, 6.45) is -1.23. The Hall–Kier alpha value is -1.97. The van der Waals surface area contributed by atoms with Crippen molar-refractivity contribution >= 4 is 28.9 Å². The fourth-order valence-electron chi connectivity index (χ4n) is 3.05. The van der Waals surface area contributed by atoms with Crippen LogP contribution >= 0.6 is 23.2 Å². The fourth-order valence-corrected chi connectivity index (χ4v) is 3.55. The maximum absolute atomic E-state index is 13.8. The third kappa shape index (κ3) is 5.77. The van der Waals surface area contributed by atoms with E-state index in [2.05, 4.69) is 0 Å². The lowest BCUT2D eigenvalue weighted by Crippen LogP contribution is -2.43. The average molecular weight is 445 g/mol. The molecule has 29 heavy (non-hydrogen) atoms. The van der Waals surface area contributed by atoms with Crippen LogP contribution in [-0.4, -0.2) is 53.9 Å². The summed E-state index contributed by atoms with van der Waals surface area (Å²) >= 11 is 11.9. The van der Waals surface area contributed by atoms with Crippen molar-refractivity contribution in [2.45, 2.75) is 12.2 Å². The van der Waals surface area contributed by atoms with E-state index in [-0.39, 0.29) is 17.3 Å². The number of rotatable bonds is 7. The third-order valence-corrected chi connectivity index (χ3v) is 5.11. The summed E-state index contributed by atoms with van der Waals surface area (Å²) in [6.45, 7) is 1.77. The molecule has 3 rings (SSSR count). The van der Waals surface area contributed by atoms with Gasteiger partial charge < -0.3 is 14.6 Å². The Bertz CT molecular complexity index is 868. The highest BCUT2D eigenvalue weighted by Crippen LogP contribution is 2.32. The summed E-state index contributed by atoms with van der Waals surface area (Å²) in [5.41, 5.74) is 0.476. The first kappa shape index (κ1) is 21.7. The van der Waals surface area contributed by atoms with Crippen molar-refractivity contribution in [3.8, 4) is 5.75 Å². The molecule has 1 N–H and O–H groups in total. The molecule has 1 fully saturated rings. The number of hydrogen-bond acceptors (Lipinski definition) is 6. The smallest absolute Gasteiger partial charge is 0.269 e. The minimum atomic E-state index is -0.790. The molecule has 2 unspecified atom stereocenters. The molecule has 1 aliphatic rings. The van der Waals surface area contributed by atoms with Crippen LogP contribution in [0.3, 0.4) is 0 Å². The Morgan fingerprint density at radius 2 is 2.03 bits per heavy atom. The van der Waals surface area contributed by atoms with Crippen LogP contribution in [0.25, 0.3) is 0 Å². The van der Waals surface area contributed by atoms with E-state index in [0.717, 1.165) is 0 Å². The van der Waals surface area contributed by atoms with E-state index in [0.29, 0.717) is 42.6 Å². The van der Waals surface area contributed by atoms with Gasteiger partial charge in [-0.25, -0.2) is 4.39 Å². The molecule has 0 bridgehead atoms. The molecular formula is C19H19Cl2FN2O5. The van der Waals surface area contributed by atoms with Gasteiger partial charge in [0.2, 0.25) is 0 Å². The van der Waals surface area contributed by atoms with E-state index in [1.54, 1.807) is 0 Å². The summed E-state index contributed by atoms with van der Waals surface area (Å²) < 4.78 is 25.0. The molecule has 1 heterocycles. The van der Waals surface area contributed by atoms with E-state index in [1.807, 2.05) is 4.90 Å². The van der Waals surface area contributed by atoms with Gasteiger partial charge in [0, 0.05) is 42.4 Å². The molecule has 1 saturated heterocycles. The molecule has 0 saturated carbocycles. The van der Waals surface area contributed by atoms with E-state index in [9.17, 15) is 19.6 Å². The summed E-state index contributed by atoms with van der Waals surface area (Å²) in [6, 6.07) is 8.25. The molecule has 0 aliphatic carbocycles. The largest absolute Gasteiger partial charge is 0.491 e. The number of nitrogens with zero attached hydrogens (tertiary/aromatic N) is 2. The van der Waals surface area contributed by atoms with Crippen molar-refractivity contribution in [3.63, 3.8) is 0 Å². The molecule has 7 nitrogen and oxygen atoms in total. The van der Waals surface area contributed by atoms with Crippen LogP contribution in [0.1, 0.15) is 11.7 Å². The number of halogens is 3. The van der Waals surface area contributed by atoms with E-state index >= 15 is 0 Å². The predicted octanol–water partition coefficient (Wildman–Crippen LogP) is 3.85. The molecule has 0 spiro atoms. The van der Waals surface area contributed by atoms with E-state index < -0.39 is 22.9 Å². The van der Waals surface area contributed by atoms with Gasteiger partial charge >= 0.3 is 0 Å². The SMILES string of the molecule is O=[N+]([O-])c1ccc(OCC(O)CN2CCOC(c3cc(F)c(Cl)cc3Cl)C2)cc1. The number of nitro benzene ring substituents is 1. The molecule has 0 aromatic heterocycles. The van der Waals surface area contributed by atoms with Crippen molar-refractivity contribution in [1.29, 1.82) is 0 Å². The Morgan fingerprint density at radius 3 is 2.72 bits per heavy atom. The zero-order chi connectivity index (χ0) is 21.0. The second kappa shape index (κ2) is 9.69. The van der Waals surface area contributed by atoms with Gasteiger partial charge in [-0.15, -0.1) is 0 Å². The van der Waals surface area contributed by atoms with Gasteiger partial charge in [0.15, 0.2) is 0 Å². The standard InChI is InChI=1S/C19H19Cl2FN2O5/c20-16-8-17(21)18(22)7-15(16)19-10-23(5-6-28-19)9-13(25)11-29-14-3-1-12(2-4-14)24(26)27/h1-4,7-8,13,19,25H,5-6,9-11H2. The molecule has 2 aromatic rings. The summed E-state index contributed by atoms with van der Waals surface area (Å²) in [5, 5.41) is 21.2. The van der Waals surface area contributed by atoms with E-state index in [4.69, 9.17) is 32.7 Å². The average Bonchev–Trinajstić information content (AvgIpc) is 2.69. The second-order valence-corrected chi connectivity index (χ2v) is 7.44. The zero-order valence-corrected chi connectivity index (χ0v) is 16.8. The molecule has 0 amide bonds. The highest BCUT2D eigenvalue weighted by molar-refractivity contribution is 6.35. The van der Waals surface area contributed by atoms with Gasteiger partial charge in [-0.3, -0.25) is 15.0 Å². The summed E-state index contributed by atoms with van der Waals surface area (Å²) in [5.74, 6) is -0.138. The molecular weight excluding hydrogens is 426 g/mol. The molecule has 0 radical (unpaired) electrons. The number of benzene rings is 2. The molecule has 10 heteroatoms. The monoisotopic (exact) mass is 444 g/mol. The van der Waals surface area contributed by atoms with Crippen molar-refractivity contribution in [3.05, 3.63) is 67.9 Å². The first-order valence-corrected chi connectivity index (χ1v) is 9.63. The van der Waals surface area contributed by atoms with Crippen LogP contribution in [-0.2, 0) is 4.74 Å². The summed E-state index contributed by atoms with van der Waals surface area (Å²) in [4.78, 5) is 12.1. The zero-order valence-electron chi connectivity index (χ0n) is 15.3. The Morgan fingerprint density at radius 1 is 1.31 bits per heavy atom. The van der Waals surface area contributed by atoms with Crippen LogP contribution in [0.4, 0.5) is 10.1 Å². The predicted molar refractivity (Wildman–Crippen MR) is 106 cm³/mol. The minimum Gasteiger partial charge on any atom is -0.491 e. The number of aliphatic hydroxyl groups is 1. The first-order valence-electron chi connectivity index (χ1n) is 8.87. The molecule has 2 atom stereocenters. The van der Waals surface area contributed by atoms with E-state index in [1.165, 1.54) is 36.4 Å². The van der Waals surface area contributed by atoms with Crippen molar-refractivity contribution in [1.82, 2.24) is 4.90 Å². The number of aliphatic hydroxyl groups excluding tert-OH is 1. The van der Waals surface area contributed by atoms with Crippen molar-refractivity contribution in [2.24, 2.45) is 0 Å². The third-order valence-electron chi connectivity index (χ3n) is 4.50. The lowest BCUT2D eigenvalue weighted by molar-refractivity contribution is -0.384. The number of β-amino-alcohol motifs (C(OH)–C–C–N with tert-alkyl or cyclic N) is 1. The second-order valence-electron chi connectivity index (χ2n) is 6.62. The molecule has 1 aliphatic heterocycles. The van der Waals surface area contributed by atoms with Crippen LogP contribution in [0.5, 0.6) is 5.75 Å². The van der Waals surface area contributed by atoms with Crippen molar-refractivity contribution in [2.75, 3.05) is 32.8 Å². The molecule has 2 aromatic carbocycles. The Balaban J connectivity index is 1.53. The first-order chi connectivity index (χ1) is 13.8. The number of ether oxygens (including phenoxy) is 2. The number of non-ortho nitro benzene ring substituents is 1. The van der Waals surface area contributed by atoms with Gasteiger partial charge in [-0.1, -0.05) is 23.2 Å². The summed E-state index contributed by atoms with van der Waals surface area (Å²) in [7, 11) is 0. The topological polar surface area (TPSA) is 85.1 Å². The number of hydrogen-bond donors (Lipinski definition) is 1. The fraction of sp³-hybridized carbons (Fsp3) is 0.368. The van der Waals surface area contributed by atoms with Gasteiger partial charge in [-0.2, -0.15) is 0 Å². The van der Waals surface area contributed by atoms with Gasteiger partial charge in [0.25, 0.3) is 5.69 Å². The van der Waals surface area contributed by atoms with Gasteiger partial charge in [0.05, 0.1) is 22.7 Å². The maximum Gasteiger partial charge on any atom is 0.269 e. The van der Waals surface area contributed by atoms with Crippen LogP contribution in [0.2, 0.25) is 10.0 Å². The quantitative estimate of drug-likeness (QED) is 0.396. The normalized spacial score (nSPS) is 18.4. The minimum absolute atomic E-state index is 0.0240. The van der Waals surface area contributed by atoms with Crippen LogP contribution < -0.4 is 4.74 Å². The number of morpholine rings is 1. The maximum atomic E-state index is 13.8. The molecule has 156 valence electrons. The van der Waals surface area contributed by atoms with Crippen molar-refractivity contribution < 1.29 is 23.9 Å². The lowest BCUT2D eigenvalue weighted by atomic mass is 10.1.